The van der Waals surface area contributed by atoms with Gasteiger partial charge in [0.2, 0.25) is 5.91 Å². The van der Waals surface area contributed by atoms with E-state index in [1.54, 1.807) is 0 Å². The average Bonchev–Trinajstić information content (AvgIpc) is 2.48. The van der Waals surface area contributed by atoms with Gasteiger partial charge in [-0.15, -0.1) is 0 Å². The number of rotatable bonds is 4. The lowest BCUT2D eigenvalue weighted by Crippen LogP contribution is -2.26. The summed E-state index contributed by atoms with van der Waals surface area (Å²) in [4.78, 5) is 11.9. The zero-order valence-electron chi connectivity index (χ0n) is 10.8. The van der Waals surface area contributed by atoms with Crippen molar-refractivity contribution in [2.45, 2.75) is 11.7 Å². The predicted molar refractivity (Wildman–Crippen MR) is 77.9 cm³/mol. The molecule has 1 unspecified atom stereocenters. The van der Waals surface area contributed by atoms with Crippen molar-refractivity contribution in [2.24, 2.45) is 0 Å². The van der Waals surface area contributed by atoms with Crippen molar-refractivity contribution in [3.05, 3.63) is 65.5 Å². The van der Waals surface area contributed by atoms with Crippen molar-refractivity contribution < 1.29 is 18.0 Å². The van der Waals surface area contributed by atoms with Gasteiger partial charge in [0.05, 0.1) is 10.9 Å². The van der Waals surface area contributed by atoms with Crippen LogP contribution in [0, 0.1) is 17.5 Å². The molecule has 21 heavy (non-hydrogen) atoms. The molecule has 110 valence electrons. The van der Waals surface area contributed by atoms with Crippen molar-refractivity contribution in [1.82, 2.24) is 0 Å². The molecule has 0 spiro atoms. The van der Waals surface area contributed by atoms with E-state index >= 15 is 0 Å². The molecule has 0 bridgehead atoms. The maximum absolute atomic E-state index is 13.5. The highest BCUT2D eigenvalue weighted by Crippen LogP contribution is 2.20. The number of hydrogen-bond acceptors (Lipinski definition) is 2. The van der Waals surface area contributed by atoms with Gasteiger partial charge < -0.3 is 5.32 Å². The molecule has 0 heterocycles. The Kier molecular flexibility index (Phi) is 4.90. The number of carbonyl (C=O) groups excluding carboxylic acids is 1. The van der Waals surface area contributed by atoms with E-state index in [1.807, 2.05) is 30.3 Å². The number of carbonyl (C=O) groups is 1. The highest BCUT2D eigenvalue weighted by molar-refractivity contribution is 7.81. The fraction of sp³-hybridized carbons (Fsp3) is 0.133. The van der Waals surface area contributed by atoms with Gasteiger partial charge in [0.25, 0.3) is 0 Å². The van der Waals surface area contributed by atoms with E-state index in [0.717, 1.165) is 17.7 Å². The Labute approximate surface area is 125 Å². The normalized spacial score (nSPS) is 12.0. The Morgan fingerprint density at radius 1 is 1.05 bits per heavy atom. The lowest BCUT2D eigenvalue weighted by molar-refractivity contribution is -0.115. The Hall–Kier alpha value is -1.95. The zero-order chi connectivity index (χ0) is 15.4. The second-order valence-corrected chi connectivity index (χ2v) is 5.04. The molecule has 6 heteroatoms. The fourth-order valence-electron chi connectivity index (χ4n) is 1.77. The second-order valence-electron chi connectivity index (χ2n) is 4.42. The largest absolute Gasteiger partial charge is 0.323 e. The van der Waals surface area contributed by atoms with Crippen LogP contribution >= 0.6 is 12.6 Å². The molecule has 0 radical (unpaired) electrons. The van der Waals surface area contributed by atoms with Crippen molar-refractivity contribution in [3.8, 4) is 0 Å². The molecule has 0 aliphatic rings. The summed E-state index contributed by atoms with van der Waals surface area (Å²) in [5.41, 5.74) is 0.476. The summed E-state index contributed by atoms with van der Waals surface area (Å²) >= 11 is 4.14. The summed E-state index contributed by atoms with van der Waals surface area (Å²) in [7, 11) is 0. The number of nitrogens with one attached hydrogen (secondary N) is 1. The number of thiol groups is 1. The number of anilines is 1. The molecule has 1 amide bonds. The van der Waals surface area contributed by atoms with Crippen molar-refractivity contribution >= 4 is 24.2 Å². The number of hydrogen-bond donors (Lipinski definition) is 2. The Morgan fingerprint density at radius 3 is 2.38 bits per heavy atom. The van der Waals surface area contributed by atoms with Crippen LogP contribution in [0.5, 0.6) is 0 Å². The summed E-state index contributed by atoms with van der Waals surface area (Å²) in [5.74, 6) is -4.94. The fourth-order valence-corrected chi connectivity index (χ4v) is 2.04. The summed E-state index contributed by atoms with van der Waals surface area (Å²) < 4.78 is 39.3. The Bertz CT molecular complexity index is 649. The summed E-state index contributed by atoms with van der Waals surface area (Å²) in [6.45, 7) is 0. The smallest absolute Gasteiger partial charge is 0.237 e. The van der Waals surface area contributed by atoms with Crippen LogP contribution in [-0.4, -0.2) is 11.2 Å². The first-order valence-electron chi connectivity index (χ1n) is 6.15. The van der Waals surface area contributed by atoms with Gasteiger partial charge in [-0.1, -0.05) is 30.3 Å². The molecule has 1 N–H and O–H groups in total. The molecule has 0 aliphatic carbocycles. The van der Waals surface area contributed by atoms with Gasteiger partial charge in [0.15, 0.2) is 17.5 Å². The standard InChI is InChI=1S/C15H12F3NOS/c16-10-6-7-11(14(18)13(10)17)19-15(20)12(21)8-9-4-2-1-3-5-9/h1-7,12,21H,8H2,(H,19,20). The third-order valence-corrected chi connectivity index (χ3v) is 3.28. The summed E-state index contributed by atoms with van der Waals surface area (Å²) in [5, 5.41) is 1.47. The van der Waals surface area contributed by atoms with Crippen LogP contribution in [-0.2, 0) is 11.2 Å². The monoisotopic (exact) mass is 311 g/mol. The molecule has 2 aromatic carbocycles. The van der Waals surface area contributed by atoms with Crippen molar-refractivity contribution in [2.75, 3.05) is 5.32 Å². The first-order valence-corrected chi connectivity index (χ1v) is 6.67. The van der Waals surface area contributed by atoms with E-state index in [4.69, 9.17) is 0 Å². The zero-order valence-corrected chi connectivity index (χ0v) is 11.7. The first-order chi connectivity index (χ1) is 9.99. The van der Waals surface area contributed by atoms with Crippen LogP contribution in [0.3, 0.4) is 0 Å². The SMILES string of the molecule is O=C(Nc1ccc(F)c(F)c1F)C(S)Cc1ccccc1. The number of halogens is 3. The van der Waals surface area contributed by atoms with Gasteiger partial charge in [-0.25, -0.2) is 13.2 Å². The molecule has 0 aliphatic heterocycles. The Morgan fingerprint density at radius 2 is 1.71 bits per heavy atom. The molecule has 0 saturated carbocycles. The minimum atomic E-state index is -1.62. The second kappa shape index (κ2) is 6.67. The minimum Gasteiger partial charge on any atom is -0.323 e. The maximum Gasteiger partial charge on any atom is 0.237 e. The molecule has 2 rings (SSSR count). The molecule has 2 aromatic rings. The predicted octanol–water partition coefficient (Wildman–Crippen LogP) is 3.58. The maximum atomic E-state index is 13.5. The minimum absolute atomic E-state index is 0.334. The van der Waals surface area contributed by atoms with E-state index in [9.17, 15) is 18.0 Å². The molecule has 1 atom stereocenters. The number of amides is 1. The van der Waals surface area contributed by atoms with E-state index in [0.29, 0.717) is 6.42 Å². The van der Waals surface area contributed by atoms with E-state index in [-0.39, 0.29) is 0 Å². The van der Waals surface area contributed by atoms with Crippen LogP contribution < -0.4 is 5.32 Å². The lowest BCUT2D eigenvalue weighted by atomic mass is 10.1. The third kappa shape index (κ3) is 3.78. The molecule has 0 aromatic heterocycles. The molecule has 0 saturated heterocycles. The lowest BCUT2D eigenvalue weighted by Gasteiger charge is -2.12. The topological polar surface area (TPSA) is 29.1 Å². The van der Waals surface area contributed by atoms with Gasteiger partial charge in [0, 0.05) is 0 Å². The van der Waals surface area contributed by atoms with Gasteiger partial charge in [-0.3, -0.25) is 4.79 Å². The third-order valence-electron chi connectivity index (χ3n) is 2.87. The van der Waals surface area contributed by atoms with Crippen LogP contribution in [0.2, 0.25) is 0 Å². The van der Waals surface area contributed by atoms with Crippen LogP contribution in [0.4, 0.5) is 18.9 Å². The highest BCUT2D eigenvalue weighted by atomic mass is 32.1. The molecular formula is C15H12F3NOS. The van der Waals surface area contributed by atoms with Crippen LogP contribution in [0.25, 0.3) is 0 Å². The highest BCUT2D eigenvalue weighted by Gasteiger charge is 2.19. The van der Waals surface area contributed by atoms with E-state index in [2.05, 4.69) is 17.9 Å². The Balaban J connectivity index is 2.06. The summed E-state index contributed by atoms with van der Waals surface area (Å²) in [6.07, 6.45) is 0.334. The van der Waals surface area contributed by atoms with Gasteiger partial charge in [-0.2, -0.15) is 12.6 Å². The van der Waals surface area contributed by atoms with Gasteiger partial charge in [0.1, 0.15) is 0 Å². The van der Waals surface area contributed by atoms with Crippen LogP contribution in [0.15, 0.2) is 42.5 Å². The van der Waals surface area contributed by atoms with Gasteiger partial charge in [-0.05, 0) is 24.1 Å². The average molecular weight is 311 g/mol. The van der Waals surface area contributed by atoms with Gasteiger partial charge >= 0.3 is 0 Å². The quantitative estimate of drug-likeness (QED) is 0.656. The van der Waals surface area contributed by atoms with E-state index < -0.39 is 34.3 Å². The number of benzene rings is 2. The molecule has 0 fully saturated rings. The molecular weight excluding hydrogens is 299 g/mol. The summed E-state index contributed by atoms with van der Waals surface area (Å²) in [6, 6.07) is 10.9. The first kappa shape index (κ1) is 15.4. The molecule has 2 nitrogen and oxygen atoms in total. The van der Waals surface area contributed by atoms with Crippen molar-refractivity contribution in [3.63, 3.8) is 0 Å². The van der Waals surface area contributed by atoms with E-state index in [1.165, 1.54) is 0 Å². The van der Waals surface area contributed by atoms with Crippen LogP contribution in [0.1, 0.15) is 5.56 Å². The van der Waals surface area contributed by atoms with Crippen molar-refractivity contribution in [1.29, 1.82) is 0 Å².